The van der Waals surface area contributed by atoms with E-state index in [0.29, 0.717) is 17.7 Å². The normalized spacial score (nSPS) is 12.9. The van der Waals surface area contributed by atoms with Crippen molar-refractivity contribution in [3.8, 4) is 11.1 Å². The number of amidine groups is 1. The van der Waals surface area contributed by atoms with Crippen LogP contribution in [0.15, 0.2) is 53.7 Å². The summed E-state index contributed by atoms with van der Waals surface area (Å²) in [7, 11) is 0. The number of anilines is 1. The van der Waals surface area contributed by atoms with Gasteiger partial charge in [0.25, 0.3) is 0 Å². The van der Waals surface area contributed by atoms with E-state index in [9.17, 15) is 22.0 Å². The van der Waals surface area contributed by atoms with E-state index in [1.807, 2.05) is 0 Å². The summed E-state index contributed by atoms with van der Waals surface area (Å²) < 4.78 is 64.9. The van der Waals surface area contributed by atoms with E-state index < -0.39 is 29.6 Å². The number of nitrogens with zero attached hydrogens (tertiary/aromatic N) is 3. The fraction of sp³-hybridized carbons (Fsp3) is 0.190. The number of rotatable bonds is 8. The maximum Gasteiger partial charge on any atom is 0.451 e. The number of hydrogen-bond donors (Lipinski definition) is 5. The zero-order valence-corrected chi connectivity index (χ0v) is 17.6. The first-order valence-electron chi connectivity index (χ1n) is 9.81. The van der Waals surface area contributed by atoms with Gasteiger partial charge < -0.3 is 16.0 Å². The van der Waals surface area contributed by atoms with Gasteiger partial charge >= 0.3 is 6.18 Å². The molecule has 34 heavy (non-hydrogen) atoms. The number of nitrogens with two attached hydrogens (primary N) is 1. The lowest BCUT2D eigenvalue weighted by Crippen LogP contribution is -2.14. The fourth-order valence-electron chi connectivity index (χ4n) is 3.26. The van der Waals surface area contributed by atoms with Gasteiger partial charge in [0.2, 0.25) is 5.82 Å². The minimum absolute atomic E-state index is 0.134. The van der Waals surface area contributed by atoms with Crippen molar-refractivity contribution in [2.75, 3.05) is 5.32 Å². The Balaban J connectivity index is 1.97. The van der Waals surface area contributed by atoms with Crippen molar-refractivity contribution >= 4 is 11.5 Å². The van der Waals surface area contributed by atoms with Crippen LogP contribution in [0.4, 0.5) is 27.6 Å². The largest absolute Gasteiger partial charge is 0.451 e. The molecule has 2 aromatic heterocycles. The van der Waals surface area contributed by atoms with Crippen molar-refractivity contribution in [2.24, 2.45) is 10.8 Å². The molecular weight excluding hydrogens is 459 g/mol. The fourth-order valence-corrected chi connectivity index (χ4v) is 3.26. The Bertz CT molecular complexity index is 1230. The van der Waals surface area contributed by atoms with Gasteiger partial charge in [-0.25, -0.2) is 24.3 Å². The summed E-state index contributed by atoms with van der Waals surface area (Å²) in [5.74, 6) is -4.26. The van der Waals surface area contributed by atoms with Crippen molar-refractivity contribution in [3.63, 3.8) is 0 Å². The number of H-pyrrole nitrogens is 1. The summed E-state index contributed by atoms with van der Waals surface area (Å²) in [5, 5.41) is 14.1. The Morgan fingerprint density at radius 2 is 1.88 bits per heavy atom. The van der Waals surface area contributed by atoms with Crippen molar-refractivity contribution < 1.29 is 22.0 Å². The van der Waals surface area contributed by atoms with Crippen LogP contribution < -0.4 is 11.1 Å². The predicted molar refractivity (Wildman–Crippen MR) is 114 cm³/mol. The Hall–Kier alpha value is -4.16. The van der Waals surface area contributed by atoms with Gasteiger partial charge in [0, 0.05) is 53.1 Å². The molecule has 0 aliphatic rings. The minimum atomic E-state index is -4.70. The lowest BCUT2D eigenvalue weighted by atomic mass is 9.98. The SMILES string of the molecule is CCC(/C(=C/Nc1ccc(F)c(F)c1)N=N)c1cc(-c2cnc(C(F)(F)F)nc2)c(C(=N)N)[nH]1. The van der Waals surface area contributed by atoms with Crippen molar-refractivity contribution in [1.29, 1.82) is 10.9 Å². The monoisotopic (exact) mass is 478 g/mol. The van der Waals surface area contributed by atoms with Crippen LogP contribution in [-0.2, 0) is 6.18 Å². The molecule has 0 bridgehead atoms. The smallest absolute Gasteiger partial charge is 0.382 e. The van der Waals surface area contributed by atoms with Crippen LogP contribution in [0.25, 0.3) is 11.1 Å². The molecular formula is C21H19F5N8. The molecule has 13 heteroatoms. The molecule has 0 amide bonds. The second-order valence-corrected chi connectivity index (χ2v) is 7.14. The highest BCUT2D eigenvalue weighted by Crippen LogP contribution is 2.34. The number of hydrogen-bond acceptors (Lipinski definition) is 6. The van der Waals surface area contributed by atoms with Gasteiger partial charge in [-0.2, -0.15) is 18.3 Å². The topological polar surface area (TPSA) is 140 Å². The lowest BCUT2D eigenvalue weighted by molar-refractivity contribution is -0.144. The van der Waals surface area contributed by atoms with Gasteiger partial charge in [-0.1, -0.05) is 6.92 Å². The number of allylic oxidation sites excluding steroid dienone is 1. The number of benzene rings is 1. The molecule has 0 aliphatic heterocycles. The van der Waals surface area contributed by atoms with Crippen LogP contribution in [0.1, 0.15) is 36.5 Å². The van der Waals surface area contributed by atoms with Crippen molar-refractivity contribution in [1.82, 2.24) is 15.0 Å². The molecule has 0 radical (unpaired) electrons. The number of alkyl halides is 3. The van der Waals surface area contributed by atoms with Crippen LogP contribution in [0.3, 0.4) is 0 Å². The van der Waals surface area contributed by atoms with Gasteiger partial charge in [0.1, 0.15) is 5.84 Å². The molecule has 0 fully saturated rings. The third-order valence-electron chi connectivity index (χ3n) is 4.90. The summed E-state index contributed by atoms with van der Waals surface area (Å²) >= 11 is 0. The third kappa shape index (κ3) is 5.24. The third-order valence-corrected chi connectivity index (χ3v) is 4.90. The molecule has 0 spiro atoms. The van der Waals surface area contributed by atoms with Gasteiger partial charge in [0.05, 0.1) is 11.4 Å². The van der Waals surface area contributed by atoms with Crippen LogP contribution >= 0.6 is 0 Å². The van der Waals surface area contributed by atoms with E-state index in [1.165, 1.54) is 12.3 Å². The van der Waals surface area contributed by atoms with E-state index in [2.05, 4.69) is 25.4 Å². The van der Waals surface area contributed by atoms with E-state index in [1.54, 1.807) is 13.0 Å². The first-order chi connectivity index (χ1) is 16.0. The zero-order valence-electron chi connectivity index (χ0n) is 17.6. The summed E-state index contributed by atoms with van der Waals surface area (Å²) in [4.78, 5) is 9.64. The van der Waals surface area contributed by atoms with Crippen molar-refractivity contribution in [3.05, 3.63) is 77.4 Å². The molecule has 1 unspecified atom stereocenters. The Morgan fingerprint density at radius 1 is 1.21 bits per heavy atom. The van der Waals surface area contributed by atoms with Crippen LogP contribution in [0.5, 0.6) is 0 Å². The van der Waals surface area contributed by atoms with Gasteiger partial charge in [-0.3, -0.25) is 5.41 Å². The standard InChI is InChI=1S/C21H19F5N8/c1-2-12(17(34-29)9-30-11-3-4-14(22)15(23)5-11)16-6-13(18(33-16)19(27)28)10-7-31-20(32-8-10)21(24,25)26/h3-9,12,29-30,33H,2H2,1H3,(H3,27,28)/b17-9-,34-29?. The zero-order chi connectivity index (χ0) is 25.0. The summed E-state index contributed by atoms with van der Waals surface area (Å²) in [6, 6.07) is 4.76. The minimum Gasteiger partial charge on any atom is -0.382 e. The van der Waals surface area contributed by atoms with E-state index in [4.69, 9.17) is 16.7 Å². The van der Waals surface area contributed by atoms with Crippen LogP contribution in [0, 0.1) is 22.6 Å². The molecule has 6 N–H and O–H groups in total. The average Bonchev–Trinajstić information content (AvgIpc) is 3.24. The highest BCUT2D eigenvalue weighted by atomic mass is 19.4. The highest BCUT2D eigenvalue weighted by Gasteiger charge is 2.34. The van der Waals surface area contributed by atoms with E-state index >= 15 is 0 Å². The molecule has 1 aromatic carbocycles. The molecule has 3 aromatic rings. The molecule has 8 nitrogen and oxygen atoms in total. The second kappa shape index (κ2) is 9.77. The van der Waals surface area contributed by atoms with E-state index in [-0.39, 0.29) is 28.5 Å². The summed E-state index contributed by atoms with van der Waals surface area (Å²) in [5.41, 5.74) is 14.7. The second-order valence-electron chi connectivity index (χ2n) is 7.14. The lowest BCUT2D eigenvalue weighted by Gasteiger charge is -2.14. The number of halogens is 5. The predicted octanol–water partition coefficient (Wildman–Crippen LogP) is 5.53. The van der Waals surface area contributed by atoms with E-state index in [0.717, 1.165) is 24.5 Å². The quantitative estimate of drug-likeness (QED) is 0.126. The number of aromatic nitrogens is 3. The maximum atomic E-state index is 13.4. The molecule has 0 saturated heterocycles. The summed E-state index contributed by atoms with van der Waals surface area (Å²) in [6.07, 6.45) is -0.968. The van der Waals surface area contributed by atoms with Gasteiger partial charge in [0.15, 0.2) is 11.6 Å². The highest BCUT2D eigenvalue weighted by molar-refractivity contribution is 6.00. The molecule has 1 atom stereocenters. The van der Waals surface area contributed by atoms with Crippen LogP contribution in [0.2, 0.25) is 0 Å². The van der Waals surface area contributed by atoms with Crippen LogP contribution in [-0.4, -0.2) is 20.8 Å². The summed E-state index contributed by atoms with van der Waals surface area (Å²) in [6.45, 7) is 1.80. The van der Waals surface area contributed by atoms with Crippen molar-refractivity contribution in [2.45, 2.75) is 25.4 Å². The number of aromatic amines is 1. The molecule has 3 rings (SSSR count). The molecule has 2 heterocycles. The Morgan fingerprint density at radius 3 is 2.41 bits per heavy atom. The average molecular weight is 478 g/mol. The van der Waals surface area contributed by atoms with Gasteiger partial charge in [-0.05, 0) is 24.6 Å². The first kappa shape index (κ1) is 24.5. The number of nitrogen functional groups attached to an aromatic ring is 1. The first-order valence-corrected chi connectivity index (χ1v) is 9.81. The Labute approximate surface area is 190 Å². The molecule has 0 saturated carbocycles. The van der Waals surface area contributed by atoms with Gasteiger partial charge in [-0.15, -0.1) is 0 Å². The Kier molecular flexibility index (Phi) is 7.03. The molecule has 0 aliphatic carbocycles. The maximum absolute atomic E-state index is 13.4. The molecule has 178 valence electrons. The number of nitrogens with one attached hydrogen (secondary N) is 4.